The highest BCUT2D eigenvalue weighted by atomic mass is 16.5. The maximum Gasteiger partial charge on any atom is 0.260 e. The van der Waals surface area contributed by atoms with Crippen LogP contribution in [0.5, 0.6) is 5.75 Å². The lowest BCUT2D eigenvalue weighted by Crippen LogP contribution is -2.37. The molecule has 3 rings (SSSR count). The molecule has 1 N–H and O–H groups in total. The van der Waals surface area contributed by atoms with Crippen LogP contribution in [-0.2, 0) is 16.0 Å². The Bertz CT molecular complexity index is 955. The lowest BCUT2D eigenvalue weighted by molar-refractivity contribution is -0.135. The topological polar surface area (TPSA) is 97.6 Å². The number of carbonyl (C=O) groups is 2. The molecule has 1 aromatic heterocycles. The maximum absolute atomic E-state index is 12.3. The van der Waals surface area contributed by atoms with Crippen LogP contribution in [0.3, 0.4) is 0 Å². The molecule has 0 aliphatic heterocycles. The van der Waals surface area contributed by atoms with E-state index in [4.69, 9.17) is 9.15 Å². The van der Waals surface area contributed by atoms with E-state index in [0.717, 1.165) is 23.2 Å². The number of benzene rings is 2. The van der Waals surface area contributed by atoms with Crippen LogP contribution in [0.15, 0.2) is 59.3 Å². The molecule has 8 heteroatoms. The second-order valence-electron chi connectivity index (χ2n) is 6.37. The zero-order chi connectivity index (χ0) is 20.6. The Morgan fingerprint density at radius 3 is 2.59 bits per heavy atom. The fourth-order valence-corrected chi connectivity index (χ4v) is 2.69. The summed E-state index contributed by atoms with van der Waals surface area (Å²) in [6, 6.07) is 14.5. The van der Waals surface area contributed by atoms with E-state index in [2.05, 4.69) is 15.5 Å². The molecular formula is C21H22N4O4. The average Bonchev–Trinajstić information content (AvgIpc) is 3.27. The second kappa shape index (κ2) is 9.50. The number of nitrogens with one attached hydrogen (secondary N) is 1. The van der Waals surface area contributed by atoms with Crippen LogP contribution in [0.2, 0.25) is 0 Å². The van der Waals surface area contributed by atoms with Crippen LogP contribution >= 0.6 is 0 Å². The molecule has 3 aromatic rings. The van der Waals surface area contributed by atoms with Gasteiger partial charge >= 0.3 is 0 Å². The first-order valence-corrected chi connectivity index (χ1v) is 9.18. The van der Waals surface area contributed by atoms with Crippen molar-refractivity contribution in [2.24, 2.45) is 0 Å². The molecule has 150 valence electrons. The Kier molecular flexibility index (Phi) is 6.57. The minimum absolute atomic E-state index is 0.0592. The van der Waals surface area contributed by atoms with Crippen molar-refractivity contribution < 1.29 is 18.7 Å². The van der Waals surface area contributed by atoms with Crippen molar-refractivity contribution in [1.29, 1.82) is 0 Å². The normalized spacial score (nSPS) is 10.4. The Balaban J connectivity index is 1.48. The molecule has 8 nitrogen and oxygen atoms in total. The highest BCUT2D eigenvalue weighted by Crippen LogP contribution is 2.20. The number of likely N-dealkylation sites (N-methyl/N-ethyl adjacent to an activating group) is 1. The fraction of sp³-hybridized carbons (Fsp3) is 0.238. The van der Waals surface area contributed by atoms with Gasteiger partial charge in [-0.2, -0.15) is 0 Å². The number of aryl methyl sites for hydroxylation is 1. The summed E-state index contributed by atoms with van der Waals surface area (Å²) in [5, 5.41) is 10.3. The van der Waals surface area contributed by atoms with Crippen molar-refractivity contribution in [3.05, 3.63) is 60.5 Å². The number of para-hydroxylation sites is 1. The highest BCUT2D eigenvalue weighted by Gasteiger charge is 2.15. The van der Waals surface area contributed by atoms with Gasteiger partial charge < -0.3 is 19.4 Å². The van der Waals surface area contributed by atoms with Crippen molar-refractivity contribution >= 4 is 17.5 Å². The molecule has 1 heterocycles. The average molecular weight is 394 g/mol. The lowest BCUT2D eigenvalue weighted by atomic mass is 10.1. The second-order valence-corrected chi connectivity index (χ2v) is 6.37. The van der Waals surface area contributed by atoms with Gasteiger partial charge in [-0.25, -0.2) is 0 Å². The summed E-state index contributed by atoms with van der Waals surface area (Å²) in [6.07, 6.45) is 2.07. The van der Waals surface area contributed by atoms with Crippen molar-refractivity contribution in [2.75, 3.05) is 25.5 Å². The summed E-state index contributed by atoms with van der Waals surface area (Å²) in [5.74, 6) is 0.370. The molecule has 0 aliphatic carbocycles. The predicted octanol–water partition coefficient (Wildman–Crippen LogP) is 2.77. The molecular weight excluding hydrogens is 372 g/mol. The van der Waals surface area contributed by atoms with Crippen LogP contribution in [0.1, 0.15) is 12.5 Å². The molecule has 0 atom stereocenters. The summed E-state index contributed by atoms with van der Waals surface area (Å²) in [5.41, 5.74) is 2.56. The number of hydrogen-bond acceptors (Lipinski definition) is 6. The lowest BCUT2D eigenvalue weighted by Gasteiger charge is -2.18. The number of hydrogen-bond donors (Lipinski definition) is 1. The number of anilines is 1. The Morgan fingerprint density at radius 2 is 1.90 bits per heavy atom. The van der Waals surface area contributed by atoms with Crippen molar-refractivity contribution in [2.45, 2.75) is 13.3 Å². The summed E-state index contributed by atoms with van der Waals surface area (Å²) < 4.78 is 10.6. The third-order valence-corrected chi connectivity index (χ3v) is 4.30. The van der Waals surface area contributed by atoms with Gasteiger partial charge in [-0.05, 0) is 42.3 Å². The number of amides is 2. The molecule has 0 spiro atoms. The Labute approximate surface area is 168 Å². The van der Waals surface area contributed by atoms with E-state index in [1.165, 1.54) is 11.3 Å². The van der Waals surface area contributed by atoms with Gasteiger partial charge in [0.25, 0.3) is 5.91 Å². The third kappa shape index (κ3) is 5.41. The van der Waals surface area contributed by atoms with Crippen molar-refractivity contribution in [3.8, 4) is 17.2 Å². The first-order chi connectivity index (χ1) is 14.1. The number of rotatable bonds is 8. The van der Waals surface area contributed by atoms with E-state index in [-0.39, 0.29) is 25.0 Å². The quantitative estimate of drug-likeness (QED) is 0.631. The van der Waals surface area contributed by atoms with E-state index in [9.17, 15) is 9.59 Å². The summed E-state index contributed by atoms with van der Waals surface area (Å²) in [7, 11) is 1.57. The number of nitrogens with zero attached hydrogens (tertiary/aromatic N) is 3. The van der Waals surface area contributed by atoms with E-state index in [1.807, 2.05) is 31.2 Å². The molecule has 0 fully saturated rings. The van der Waals surface area contributed by atoms with Crippen LogP contribution < -0.4 is 10.1 Å². The monoisotopic (exact) mass is 394 g/mol. The van der Waals surface area contributed by atoms with Gasteiger partial charge in [-0.1, -0.05) is 25.1 Å². The van der Waals surface area contributed by atoms with Gasteiger partial charge in [-0.3, -0.25) is 9.59 Å². The molecule has 2 aromatic carbocycles. The summed E-state index contributed by atoms with van der Waals surface area (Å²) in [4.78, 5) is 25.9. The molecule has 29 heavy (non-hydrogen) atoms. The first-order valence-electron chi connectivity index (χ1n) is 9.18. The molecule has 0 unspecified atom stereocenters. The van der Waals surface area contributed by atoms with Crippen molar-refractivity contribution in [3.63, 3.8) is 0 Å². The van der Waals surface area contributed by atoms with Gasteiger partial charge in [0, 0.05) is 18.3 Å². The van der Waals surface area contributed by atoms with Crippen LogP contribution in [-0.4, -0.2) is 47.1 Å². The smallest absolute Gasteiger partial charge is 0.260 e. The van der Waals surface area contributed by atoms with Crippen LogP contribution in [0.4, 0.5) is 5.69 Å². The number of ether oxygens (including phenoxy) is 1. The predicted molar refractivity (Wildman–Crippen MR) is 107 cm³/mol. The summed E-state index contributed by atoms with van der Waals surface area (Å²) in [6.45, 7) is 1.79. The molecule has 0 bridgehead atoms. The van der Waals surface area contributed by atoms with Gasteiger partial charge in [0.1, 0.15) is 5.75 Å². The van der Waals surface area contributed by atoms with Gasteiger partial charge in [0.2, 0.25) is 18.2 Å². The van der Waals surface area contributed by atoms with E-state index >= 15 is 0 Å². The SMILES string of the molecule is CCc1ccccc1NC(=O)CN(C)C(=O)COc1ccc(-c2nnco2)cc1. The van der Waals surface area contributed by atoms with Gasteiger partial charge in [-0.15, -0.1) is 10.2 Å². The minimum atomic E-state index is -0.301. The van der Waals surface area contributed by atoms with Crippen LogP contribution in [0.25, 0.3) is 11.5 Å². The zero-order valence-corrected chi connectivity index (χ0v) is 16.3. The molecule has 0 saturated heterocycles. The number of aromatic nitrogens is 2. The largest absolute Gasteiger partial charge is 0.484 e. The highest BCUT2D eigenvalue weighted by molar-refractivity contribution is 5.95. The maximum atomic E-state index is 12.3. The Morgan fingerprint density at radius 1 is 1.14 bits per heavy atom. The third-order valence-electron chi connectivity index (χ3n) is 4.30. The van der Waals surface area contributed by atoms with E-state index in [1.54, 1.807) is 31.3 Å². The van der Waals surface area contributed by atoms with E-state index in [0.29, 0.717) is 11.6 Å². The van der Waals surface area contributed by atoms with Gasteiger partial charge in [0.15, 0.2) is 6.61 Å². The molecule has 0 radical (unpaired) electrons. The minimum Gasteiger partial charge on any atom is -0.484 e. The number of carbonyl (C=O) groups excluding carboxylic acids is 2. The molecule has 2 amide bonds. The molecule has 0 aliphatic rings. The standard InChI is InChI=1S/C21H22N4O4/c1-3-15-6-4-5-7-18(15)23-19(26)12-25(2)20(27)13-28-17-10-8-16(9-11-17)21-24-22-14-29-21/h4-11,14H,3,12-13H2,1-2H3,(H,23,26). The first kappa shape index (κ1) is 20.1. The van der Waals surface area contributed by atoms with Gasteiger partial charge in [0.05, 0.1) is 6.54 Å². The molecule has 0 saturated carbocycles. The zero-order valence-electron chi connectivity index (χ0n) is 16.3. The fourth-order valence-electron chi connectivity index (χ4n) is 2.69. The Hall–Kier alpha value is -3.68. The van der Waals surface area contributed by atoms with Crippen molar-refractivity contribution in [1.82, 2.24) is 15.1 Å². The van der Waals surface area contributed by atoms with Crippen LogP contribution in [0, 0.1) is 0 Å². The summed E-state index contributed by atoms with van der Waals surface area (Å²) >= 11 is 0. The van der Waals surface area contributed by atoms with E-state index < -0.39 is 0 Å².